The largest absolute Gasteiger partial charge is 0.507 e. The number of aromatic hydroxyl groups is 1. The molecule has 0 spiro atoms. The van der Waals surface area contributed by atoms with Crippen molar-refractivity contribution in [3.8, 4) is 22.7 Å². The number of piperidine rings is 1. The number of benzene rings is 1. The van der Waals surface area contributed by atoms with Gasteiger partial charge in [0.2, 0.25) is 0 Å². The van der Waals surface area contributed by atoms with E-state index in [1.165, 1.54) is 0 Å². The molecule has 2 bridgehead atoms. The van der Waals surface area contributed by atoms with Crippen LogP contribution in [0.15, 0.2) is 54.6 Å². The van der Waals surface area contributed by atoms with Crippen molar-refractivity contribution in [2.75, 3.05) is 0 Å². The van der Waals surface area contributed by atoms with Crippen molar-refractivity contribution in [1.29, 1.82) is 0 Å². The Labute approximate surface area is 174 Å². The second kappa shape index (κ2) is 6.74. The number of nitrogens with zero attached hydrogens (tertiary/aromatic N) is 4. The van der Waals surface area contributed by atoms with Crippen molar-refractivity contribution in [3.05, 3.63) is 60.3 Å². The summed E-state index contributed by atoms with van der Waals surface area (Å²) in [5.74, 6) is 0.112. The molecular weight excluding hydrogens is 381 g/mol. The van der Waals surface area contributed by atoms with Gasteiger partial charge in [0.15, 0.2) is 0 Å². The summed E-state index contributed by atoms with van der Waals surface area (Å²) in [5, 5.41) is 22.5. The zero-order chi connectivity index (χ0) is 20.9. The number of rotatable bonds is 3. The maximum atomic E-state index is 15.1. The molecule has 2 fully saturated rings. The number of aromatic nitrogens is 4. The highest BCUT2D eigenvalue weighted by molar-refractivity contribution is 5.69. The molecule has 1 aromatic carbocycles. The molecule has 2 N–H and O–H groups in total. The van der Waals surface area contributed by atoms with E-state index in [9.17, 15) is 5.11 Å². The Kier molecular flexibility index (Phi) is 4.25. The van der Waals surface area contributed by atoms with Crippen molar-refractivity contribution >= 4 is 6.08 Å². The molecule has 0 radical (unpaired) electrons. The maximum absolute atomic E-state index is 15.1. The lowest BCUT2D eigenvalue weighted by molar-refractivity contribution is 0.160. The Morgan fingerprint density at radius 2 is 2.07 bits per heavy atom. The molecule has 0 saturated carbocycles. The van der Waals surface area contributed by atoms with E-state index in [1.807, 2.05) is 35.9 Å². The molecule has 0 unspecified atom stereocenters. The molecule has 0 amide bonds. The van der Waals surface area contributed by atoms with E-state index in [2.05, 4.69) is 27.4 Å². The molecule has 2 aliphatic rings. The summed E-state index contributed by atoms with van der Waals surface area (Å²) < 4.78 is 16.9. The van der Waals surface area contributed by atoms with Crippen LogP contribution in [0.1, 0.15) is 38.8 Å². The zero-order valence-electron chi connectivity index (χ0n) is 17.0. The quantitative estimate of drug-likeness (QED) is 0.687. The lowest BCUT2D eigenvalue weighted by Gasteiger charge is -2.41. The third-order valence-corrected chi connectivity index (χ3v) is 6.34. The van der Waals surface area contributed by atoms with Crippen molar-refractivity contribution in [2.45, 2.75) is 50.4 Å². The van der Waals surface area contributed by atoms with Crippen LogP contribution in [0.4, 0.5) is 4.39 Å². The molecule has 30 heavy (non-hydrogen) atoms. The van der Waals surface area contributed by atoms with Crippen LogP contribution in [-0.4, -0.2) is 42.1 Å². The number of phenolic OH excluding ortho intramolecular Hbond substituents is 1. The topological polar surface area (TPSA) is 75.9 Å². The standard InChI is InChI=1S/C23H24FN5O/c1-22-7-8-23(2,28-22)21(24)15(13-22)11-16-3-6-19(27-26-16)18-5-4-17(12-20(18)30)29-10-9-25-14-29/h3-6,9-12,14,21,28,30H,7-8,13H2,1-2H3/b15-11-/t21-,22-,23+/m0/s1. The van der Waals surface area contributed by atoms with Crippen molar-refractivity contribution in [1.82, 2.24) is 25.1 Å². The molecule has 3 aromatic rings. The molecule has 0 aliphatic carbocycles. The van der Waals surface area contributed by atoms with Crippen molar-refractivity contribution in [2.24, 2.45) is 0 Å². The van der Waals surface area contributed by atoms with Crippen LogP contribution in [0.3, 0.4) is 0 Å². The molecule has 154 valence electrons. The molecule has 2 aliphatic heterocycles. The summed E-state index contributed by atoms with van der Waals surface area (Å²) in [7, 11) is 0. The number of nitrogens with one attached hydrogen (secondary N) is 1. The van der Waals surface area contributed by atoms with Gasteiger partial charge < -0.3 is 15.0 Å². The van der Waals surface area contributed by atoms with Gasteiger partial charge in [-0.25, -0.2) is 9.37 Å². The molecule has 2 aromatic heterocycles. The minimum absolute atomic E-state index is 0.0562. The summed E-state index contributed by atoms with van der Waals surface area (Å²) in [6.45, 7) is 4.11. The third kappa shape index (κ3) is 3.19. The first-order chi connectivity index (χ1) is 14.4. The van der Waals surface area contributed by atoms with Gasteiger partial charge in [0.1, 0.15) is 11.9 Å². The number of hydrogen-bond donors (Lipinski definition) is 2. The highest BCUT2D eigenvalue weighted by Gasteiger charge is 2.52. The lowest BCUT2D eigenvalue weighted by atomic mass is 9.82. The van der Waals surface area contributed by atoms with E-state index in [-0.39, 0.29) is 11.3 Å². The smallest absolute Gasteiger partial charge is 0.139 e. The third-order valence-electron chi connectivity index (χ3n) is 6.34. The monoisotopic (exact) mass is 405 g/mol. The predicted molar refractivity (Wildman–Crippen MR) is 113 cm³/mol. The molecule has 3 atom stereocenters. The number of imidazole rings is 1. The normalized spacial score (nSPS) is 29.4. The second-order valence-corrected chi connectivity index (χ2v) is 8.88. The maximum Gasteiger partial charge on any atom is 0.139 e. The Bertz CT molecular complexity index is 1110. The first kappa shape index (κ1) is 18.9. The average molecular weight is 405 g/mol. The van der Waals surface area contributed by atoms with E-state index in [4.69, 9.17) is 0 Å². The van der Waals surface area contributed by atoms with Gasteiger partial charge in [-0.05, 0) is 69.0 Å². The van der Waals surface area contributed by atoms with E-state index in [1.54, 1.807) is 30.7 Å². The fraction of sp³-hybridized carbons (Fsp3) is 0.348. The van der Waals surface area contributed by atoms with Crippen LogP contribution in [0, 0.1) is 0 Å². The Morgan fingerprint density at radius 3 is 2.77 bits per heavy atom. The number of fused-ring (bicyclic) bond motifs is 2. The van der Waals surface area contributed by atoms with E-state index < -0.39 is 11.7 Å². The average Bonchev–Trinajstić information content (AvgIpc) is 3.34. The molecule has 7 heteroatoms. The molecule has 4 heterocycles. The van der Waals surface area contributed by atoms with Crippen LogP contribution >= 0.6 is 0 Å². The van der Waals surface area contributed by atoms with Crippen LogP contribution < -0.4 is 5.32 Å². The fourth-order valence-corrected chi connectivity index (χ4v) is 4.81. The van der Waals surface area contributed by atoms with E-state index in [0.29, 0.717) is 23.4 Å². The summed E-state index contributed by atoms with van der Waals surface area (Å²) >= 11 is 0. The molecular formula is C23H24FN5O. The summed E-state index contributed by atoms with van der Waals surface area (Å²) in [6, 6.07) is 8.97. The van der Waals surface area contributed by atoms with E-state index >= 15 is 4.39 Å². The van der Waals surface area contributed by atoms with Gasteiger partial charge in [-0.3, -0.25) is 0 Å². The Morgan fingerprint density at radius 1 is 1.20 bits per heavy atom. The van der Waals surface area contributed by atoms with E-state index in [0.717, 1.165) is 24.1 Å². The van der Waals surface area contributed by atoms with Crippen LogP contribution in [0.25, 0.3) is 23.0 Å². The van der Waals surface area contributed by atoms with Gasteiger partial charge in [-0.2, -0.15) is 5.10 Å². The van der Waals surface area contributed by atoms with Gasteiger partial charge in [0, 0.05) is 29.6 Å². The Hall–Kier alpha value is -3.06. The summed E-state index contributed by atoms with van der Waals surface area (Å²) in [5.41, 5.74) is 2.79. The fourth-order valence-electron chi connectivity index (χ4n) is 4.81. The highest BCUT2D eigenvalue weighted by atomic mass is 19.1. The van der Waals surface area contributed by atoms with Crippen LogP contribution in [0.2, 0.25) is 0 Å². The zero-order valence-corrected chi connectivity index (χ0v) is 17.0. The SMILES string of the molecule is C[C@@]12CC[C@@](C)(N1)[C@@H](F)/C(=C\c1ccc(-c3ccc(-n4ccnc4)cc3O)nn1)C2. The molecule has 5 rings (SSSR count). The van der Waals surface area contributed by atoms with Crippen LogP contribution in [-0.2, 0) is 0 Å². The summed E-state index contributed by atoms with van der Waals surface area (Å²) in [6.07, 6.45) is 8.43. The molecule has 6 nitrogen and oxygen atoms in total. The van der Waals surface area contributed by atoms with Crippen molar-refractivity contribution < 1.29 is 9.50 Å². The first-order valence-electron chi connectivity index (χ1n) is 10.1. The molecule has 2 saturated heterocycles. The Balaban J connectivity index is 1.41. The minimum Gasteiger partial charge on any atom is -0.507 e. The van der Waals surface area contributed by atoms with Gasteiger partial charge in [-0.1, -0.05) is 0 Å². The number of hydrogen-bond acceptors (Lipinski definition) is 5. The highest BCUT2D eigenvalue weighted by Crippen LogP contribution is 2.46. The summed E-state index contributed by atoms with van der Waals surface area (Å²) in [4.78, 5) is 4.02. The van der Waals surface area contributed by atoms with Gasteiger partial charge >= 0.3 is 0 Å². The lowest BCUT2D eigenvalue weighted by Crippen LogP contribution is -2.57. The van der Waals surface area contributed by atoms with Crippen molar-refractivity contribution in [3.63, 3.8) is 0 Å². The second-order valence-electron chi connectivity index (χ2n) is 8.88. The van der Waals surface area contributed by atoms with Crippen LogP contribution in [0.5, 0.6) is 5.75 Å². The number of phenols is 1. The predicted octanol–water partition coefficient (Wildman–Crippen LogP) is 4.06. The van der Waals surface area contributed by atoms with Gasteiger partial charge in [-0.15, -0.1) is 5.10 Å². The first-order valence-corrected chi connectivity index (χ1v) is 10.1. The number of halogens is 1. The van der Waals surface area contributed by atoms with Gasteiger partial charge in [0.05, 0.1) is 28.9 Å². The minimum atomic E-state index is -1.03. The number of alkyl halides is 1. The van der Waals surface area contributed by atoms with Gasteiger partial charge in [0.25, 0.3) is 0 Å².